The van der Waals surface area contributed by atoms with Crippen LogP contribution in [0.3, 0.4) is 0 Å². The average molecular weight is 973 g/mol. The largest absolute Gasteiger partial charge is 0.488 e. The standard InChI is InChI=1S/C46H53IN8O8/c1-23(2)38(52-45(58)60-4)43(56)54-24(3)6-11-34(54)41-48-21-33(50-41)27-7-9-29-28(18-27)22-63-36-20-30-26(19-31(29)36)8-10-32-40(30)51-42(49-32)35-12-13-37(47)55(35)44(57)39(53-46(59)61-5)25-14-16-62-17-15-25/h7-10,18-21,23-25,34-35,37-39H,6,11-17,22H2,1-5H3,(H,48,50)(H,49,51)(H,52,58)(H,53,59)/t24-,34?,35-,37+,38-,39-/m0/s1. The van der Waals surface area contributed by atoms with E-state index in [2.05, 4.69) is 79.6 Å². The number of rotatable bonds is 9. The van der Waals surface area contributed by atoms with Crippen molar-refractivity contribution in [2.75, 3.05) is 27.4 Å². The van der Waals surface area contributed by atoms with Crippen LogP contribution in [0.25, 0.3) is 44.2 Å². The number of fused-ring (bicyclic) bond motifs is 6. The number of hydrogen-bond acceptors (Lipinski definition) is 10. The number of H-pyrrole nitrogens is 2. The summed E-state index contributed by atoms with van der Waals surface area (Å²) in [5, 5.41) is 7.53. The Labute approximate surface area is 378 Å². The van der Waals surface area contributed by atoms with E-state index in [9.17, 15) is 19.2 Å². The summed E-state index contributed by atoms with van der Waals surface area (Å²) in [5.41, 5.74) is 6.57. The molecule has 5 aromatic rings. The van der Waals surface area contributed by atoms with Gasteiger partial charge in [0, 0.05) is 30.2 Å². The van der Waals surface area contributed by atoms with E-state index < -0.39 is 24.3 Å². The highest BCUT2D eigenvalue weighted by Crippen LogP contribution is 2.45. The first-order valence-corrected chi connectivity index (χ1v) is 23.0. The fourth-order valence-electron chi connectivity index (χ4n) is 9.87. The van der Waals surface area contributed by atoms with E-state index in [4.69, 9.17) is 28.9 Å². The number of ether oxygens (including phenoxy) is 4. The van der Waals surface area contributed by atoms with Gasteiger partial charge in [0.25, 0.3) is 0 Å². The van der Waals surface area contributed by atoms with Crippen LogP contribution in [0.5, 0.6) is 5.75 Å². The van der Waals surface area contributed by atoms with Gasteiger partial charge in [-0.15, -0.1) is 0 Å². The molecular formula is C46H53IN8O8. The van der Waals surface area contributed by atoms with Crippen molar-refractivity contribution in [3.63, 3.8) is 0 Å². The Morgan fingerprint density at radius 1 is 0.841 bits per heavy atom. The summed E-state index contributed by atoms with van der Waals surface area (Å²) in [6.45, 7) is 7.31. The van der Waals surface area contributed by atoms with Crippen LogP contribution in [0.1, 0.15) is 88.6 Å². The van der Waals surface area contributed by atoms with E-state index in [1.165, 1.54) is 14.2 Å². The molecule has 9 rings (SSSR count). The van der Waals surface area contributed by atoms with E-state index in [1.54, 1.807) is 0 Å². The monoisotopic (exact) mass is 972 g/mol. The van der Waals surface area contributed by atoms with Crippen LogP contribution in [-0.4, -0.2) is 103 Å². The van der Waals surface area contributed by atoms with Crippen molar-refractivity contribution in [2.45, 2.75) is 100 Å². The summed E-state index contributed by atoms with van der Waals surface area (Å²) >= 11 is 2.33. The minimum atomic E-state index is -0.727. The van der Waals surface area contributed by atoms with Gasteiger partial charge < -0.3 is 49.3 Å². The first-order valence-electron chi connectivity index (χ1n) is 21.8. The molecule has 0 bridgehead atoms. The van der Waals surface area contributed by atoms with Crippen LogP contribution in [0, 0.1) is 11.8 Å². The topological polar surface area (TPSA) is 193 Å². The number of methoxy groups -OCH3 is 2. The fourth-order valence-corrected chi connectivity index (χ4v) is 10.9. The number of nitrogens with one attached hydrogen (secondary N) is 4. The predicted molar refractivity (Wildman–Crippen MR) is 243 cm³/mol. The Kier molecular flexibility index (Phi) is 12.0. The summed E-state index contributed by atoms with van der Waals surface area (Å²) in [7, 11) is 2.60. The van der Waals surface area contributed by atoms with Gasteiger partial charge >= 0.3 is 12.2 Å². The zero-order chi connectivity index (χ0) is 44.1. The number of imidazole rings is 2. The van der Waals surface area contributed by atoms with Gasteiger partial charge in [-0.1, -0.05) is 54.6 Å². The SMILES string of the molecule is COC(=O)N[C@H](C(=O)N1C(c2ncc(-c3ccc4c(c3)COc3cc5c(ccc6[nH]c([C@@H]7CC[C@H](I)N7C(=O)[C@@H](NC(=O)OC)C7CCOCC7)nc65)cc3-4)[nH]2)CC[C@@H]1C)C(C)C. The molecule has 1 unspecified atom stereocenters. The molecule has 3 aromatic carbocycles. The Morgan fingerprint density at radius 2 is 1.59 bits per heavy atom. The predicted octanol–water partition coefficient (Wildman–Crippen LogP) is 7.67. The molecule has 0 aliphatic carbocycles. The van der Waals surface area contributed by atoms with Crippen LogP contribution in [0.4, 0.5) is 9.59 Å². The molecule has 2 aromatic heterocycles. The highest BCUT2D eigenvalue weighted by atomic mass is 127. The van der Waals surface area contributed by atoms with Crippen molar-refractivity contribution in [1.29, 1.82) is 0 Å². The lowest BCUT2D eigenvalue weighted by molar-refractivity contribution is -0.138. The number of alkyl carbamates (subject to hydrolysis) is 2. The van der Waals surface area contributed by atoms with Gasteiger partial charge in [0.15, 0.2) is 0 Å². The number of carbonyl (C=O) groups is 4. The number of benzene rings is 3. The first-order chi connectivity index (χ1) is 30.4. The van der Waals surface area contributed by atoms with Gasteiger partial charge in [-0.25, -0.2) is 19.6 Å². The third kappa shape index (κ3) is 8.06. The Hall–Kier alpha value is -5.43. The van der Waals surface area contributed by atoms with Crippen LogP contribution < -0.4 is 15.4 Å². The maximum atomic E-state index is 14.4. The highest BCUT2D eigenvalue weighted by molar-refractivity contribution is 14.1. The number of likely N-dealkylation sites (tertiary alicyclic amines) is 2. The van der Waals surface area contributed by atoms with Crippen molar-refractivity contribution in [3.05, 3.63) is 65.9 Å². The summed E-state index contributed by atoms with van der Waals surface area (Å²) in [6.07, 6.45) is 5.01. The molecule has 0 radical (unpaired) electrons. The third-order valence-electron chi connectivity index (χ3n) is 13.2. The van der Waals surface area contributed by atoms with Crippen LogP contribution >= 0.6 is 22.6 Å². The average Bonchev–Trinajstić information content (AvgIpc) is 4.12. The molecule has 4 aliphatic heterocycles. The summed E-state index contributed by atoms with van der Waals surface area (Å²) in [4.78, 5) is 73.5. The molecule has 332 valence electrons. The molecule has 4 aliphatic rings. The Bertz CT molecular complexity index is 2570. The van der Waals surface area contributed by atoms with Crippen molar-refractivity contribution in [2.24, 2.45) is 11.8 Å². The Balaban J connectivity index is 0.964. The molecule has 6 heterocycles. The van der Waals surface area contributed by atoms with Gasteiger partial charge in [-0.2, -0.15) is 0 Å². The van der Waals surface area contributed by atoms with E-state index in [1.807, 2.05) is 42.8 Å². The van der Waals surface area contributed by atoms with E-state index in [0.29, 0.717) is 44.3 Å². The zero-order valence-corrected chi connectivity index (χ0v) is 38.2. The van der Waals surface area contributed by atoms with Crippen LogP contribution in [0.2, 0.25) is 0 Å². The summed E-state index contributed by atoms with van der Waals surface area (Å²) in [5.74, 6) is 1.71. The smallest absolute Gasteiger partial charge is 0.407 e. The quantitative estimate of drug-likeness (QED) is 0.0647. The van der Waals surface area contributed by atoms with Crippen molar-refractivity contribution in [3.8, 4) is 28.1 Å². The third-order valence-corrected chi connectivity index (χ3v) is 14.5. The summed E-state index contributed by atoms with van der Waals surface area (Å²) in [6, 6.07) is 12.7. The molecule has 6 atom stereocenters. The lowest BCUT2D eigenvalue weighted by atomic mass is 9.90. The van der Waals surface area contributed by atoms with Crippen LogP contribution in [-0.2, 0) is 30.4 Å². The normalized spacial score (nSPS) is 22.1. The number of halogens is 1. The van der Waals surface area contributed by atoms with Crippen molar-refractivity contribution >= 4 is 68.4 Å². The fraction of sp³-hybridized carbons (Fsp3) is 0.478. The minimum absolute atomic E-state index is 0.0182. The molecule has 4 N–H and O–H groups in total. The molecule has 3 fully saturated rings. The summed E-state index contributed by atoms with van der Waals surface area (Å²) < 4.78 is 21.7. The number of hydrogen-bond donors (Lipinski definition) is 4. The molecule has 0 spiro atoms. The number of carbonyl (C=O) groups excluding carboxylic acids is 4. The maximum Gasteiger partial charge on any atom is 0.407 e. The molecule has 4 amide bonds. The molecule has 63 heavy (non-hydrogen) atoms. The minimum Gasteiger partial charge on any atom is -0.488 e. The number of aromatic amines is 2. The number of amides is 4. The number of alkyl halides is 1. The zero-order valence-electron chi connectivity index (χ0n) is 36.0. The van der Waals surface area contributed by atoms with Crippen molar-refractivity contribution < 1.29 is 38.1 Å². The van der Waals surface area contributed by atoms with E-state index in [0.717, 1.165) is 81.2 Å². The second-order valence-electron chi connectivity index (χ2n) is 17.4. The molecule has 17 heteroatoms. The lowest BCUT2D eigenvalue weighted by Gasteiger charge is -2.35. The molecule has 16 nitrogen and oxygen atoms in total. The second-order valence-corrected chi connectivity index (χ2v) is 18.8. The molecular weight excluding hydrogens is 919 g/mol. The lowest BCUT2D eigenvalue weighted by Crippen LogP contribution is -2.54. The van der Waals surface area contributed by atoms with Crippen LogP contribution in [0.15, 0.2) is 48.7 Å². The molecule has 0 saturated carbocycles. The van der Waals surface area contributed by atoms with E-state index in [-0.39, 0.29) is 45.8 Å². The van der Waals surface area contributed by atoms with Gasteiger partial charge in [0.1, 0.15) is 36.1 Å². The Morgan fingerprint density at radius 3 is 2.35 bits per heavy atom. The van der Waals surface area contributed by atoms with Gasteiger partial charge in [0.05, 0.1) is 53.3 Å². The number of aromatic nitrogens is 4. The highest BCUT2D eigenvalue weighted by Gasteiger charge is 2.44. The van der Waals surface area contributed by atoms with E-state index >= 15 is 0 Å². The number of nitrogens with zero attached hydrogens (tertiary/aromatic N) is 4. The second kappa shape index (κ2) is 17.6. The van der Waals surface area contributed by atoms with Gasteiger partial charge in [-0.05, 0) is 104 Å². The van der Waals surface area contributed by atoms with Crippen molar-refractivity contribution in [1.82, 2.24) is 40.4 Å². The maximum absolute atomic E-state index is 14.4. The van der Waals surface area contributed by atoms with Gasteiger partial charge in [0.2, 0.25) is 11.8 Å². The molecule has 3 saturated heterocycles. The van der Waals surface area contributed by atoms with Gasteiger partial charge in [-0.3, -0.25) is 9.59 Å². The first kappa shape index (κ1) is 42.9.